The van der Waals surface area contributed by atoms with Gasteiger partial charge in [-0.25, -0.2) is 0 Å². The van der Waals surface area contributed by atoms with E-state index in [-0.39, 0.29) is 5.91 Å². The number of nitrogens with zero attached hydrogens (tertiary/aromatic N) is 3. The SMILES string of the molecule is COc1cc(-c2noc(CN3CCNC(=O)C3)n2)cc(OC)c1OC. The minimum atomic E-state index is -0.00406. The van der Waals surface area contributed by atoms with Gasteiger partial charge in [-0.15, -0.1) is 0 Å². The Morgan fingerprint density at radius 2 is 1.92 bits per heavy atom. The zero-order valence-corrected chi connectivity index (χ0v) is 14.4. The van der Waals surface area contributed by atoms with Crippen LogP contribution in [-0.2, 0) is 11.3 Å². The van der Waals surface area contributed by atoms with Crippen molar-refractivity contribution in [3.63, 3.8) is 0 Å². The molecule has 1 fully saturated rings. The molecule has 25 heavy (non-hydrogen) atoms. The number of hydrogen-bond donors (Lipinski definition) is 1. The van der Waals surface area contributed by atoms with E-state index in [0.717, 1.165) is 6.54 Å². The molecule has 134 valence electrons. The fourth-order valence-corrected chi connectivity index (χ4v) is 2.66. The molecule has 9 heteroatoms. The topological polar surface area (TPSA) is 99.0 Å². The summed E-state index contributed by atoms with van der Waals surface area (Å²) in [5.41, 5.74) is 0.681. The van der Waals surface area contributed by atoms with Gasteiger partial charge >= 0.3 is 0 Å². The predicted octanol–water partition coefficient (Wildman–Crippen LogP) is 0.694. The molecular weight excluding hydrogens is 328 g/mol. The van der Waals surface area contributed by atoms with Crippen molar-refractivity contribution >= 4 is 5.91 Å². The maximum absolute atomic E-state index is 11.4. The Morgan fingerprint density at radius 3 is 2.52 bits per heavy atom. The van der Waals surface area contributed by atoms with Crippen molar-refractivity contribution in [2.75, 3.05) is 41.0 Å². The van der Waals surface area contributed by atoms with Crippen LogP contribution in [0.4, 0.5) is 0 Å². The lowest BCUT2D eigenvalue weighted by Gasteiger charge is -2.24. The average Bonchev–Trinajstić information content (AvgIpc) is 3.08. The number of nitrogens with one attached hydrogen (secondary N) is 1. The van der Waals surface area contributed by atoms with E-state index in [4.69, 9.17) is 18.7 Å². The number of piperazine rings is 1. The van der Waals surface area contributed by atoms with Crippen LogP contribution in [-0.4, -0.2) is 61.9 Å². The maximum atomic E-state index is 11.4. The van der Waals surface area contributed by atoms with Crippen molar-refractivity contribution in [1.82, 2.24) is 20.4 Å². The first-order chi connectivity index (χ1) is 12.1. The summed E-state index contributed by atoms with van der Waals surface area (Å²) in [5, 5.41) is 6.79. The van der Waals surface area contributed by atoms with Crippen molar-refractivity contribution in [2.45, 2.75) is 6.54 Å². The zero-order valence-electron chi connectivity index (χ0n) is 14.4. The second kappa shape index (κ2) is 7.39. The smallest absolute Gasteiger partial charge is 0.241 e. The molecule has 2 heterocycles. The molecule has 1 saturated heterocycles. The number of amides is 1. The Balaban J connectivity index is 1.83. The lowest BCUT2D eigenvalue weighted by Crippen LogP contribution is -2.47. The molecule has 1 aromatic carbocycles. The minimum Gasteiger partial charge on any atom is -0.493 e. The highest BCUT2D eigenvalue weighted by molar-refractivity contribution is 5.78. The Kier molecular flexibility index (Phi) is 5.03. The fourth-order valence-electron chi connectivity index (χ4n) is 2.66. The molecular formula is C16H20N4O5. The summed E-state index contributed by atoms with van der Waals surface area (Å²) >= 11 is 0. The van der Waals surface area contributed by atoms with Crippen LogP contribution in [0.5, 0.6) is 17.2 Å². The van der Waals surface area contributed by atoms with Crippen LogP contribution in [0.2, 0.25) is 0 Å². The quantitative estimate of drug-likeness (QED) is 0.814. The molecule has 2 aromatic rings. The average molecular weight is 348 g/mol. The van der Waals surface area contributed by atoms with Crippen molar-refractivity contribution in [3.05, 3.63) is 18.0 Å². The molecule has 1 aromatic heterocycles. The van der Waals surface area contributed by atoms with Crippen LogP contribution in [0.15, 0.2) is 16.7 Å². The molecule has 3 rings (SSSR count). The van der Waals surface area contributed by atoms with E-state index in [1.807, 2.05) is 4.90 Å². The van der Waals surface area contributed by atoms with Crippen LogP contribution >= 0.6 is 0 Å². The van der Waals surface area contributed by atoms with E-state index in [0.29, 0.717) is 54.2 Å². The van der Waals surface area contributed by atoms with E-state index in [1.54, 1.807) is 33.5 Å². The third-order valence-electron chi connectivity index (χ3n) is 3.87. The summed E-state index contributed by atoms with van der Waals surface area (Å²) in [7, 11) is 4.63. The van der Waals surface area contributed by atoms with Gasteiger partial charge in [0.05, 0.1) is 34.4 Å². The van der Waals surface area contributed by atoms with Gasteiger partial charge in [-0.1, -0.05) is 5.16 Å². The van der Waals surface area contributed by atoms with Gasteiger partial charge < -0.3 is 24.1 Å². The Labute approximate surface area is 144 Å². The molecule has 0 unspecified atom stereocenters. The number of methoxy groups -OCH3 is 3. The summed E-state index contributed by atoms with van der Waals surface area (Å²) < 4.78 is 21.3. The van der Waals surface area contributed by atoms with E-state index >= 15 is 0 Å². The number of rotatable bonds is 6. The van der Waals surface area contributed by atoms with Crippen LogP contribution in [0.3, 0.4) is 0 Å². The van der Waals surface area contributed by atoms with Crippen LogP contribution in [0, 0.1) is 0 Å². The van der Waals surface area contributed by atoms with Gasteiger partial charge in [0.15, 0.2) is 11.5 Å². The first-order valence-electron chi connectivity index (χ1n) is 7.76. The number of benzene rings is 1. The number of carbonyl (C=O) groups is 1. The van der Waals surface area contributed by atoms with Gasteiger partial charge in [-0.2, -0.15) is 4.98 Å². The monoisotopic (exact) mass is 348 g/mol. The van der Waals surface area contributed by atoms with E-state index in [1.165, 1.54) is 0 Å². The van der Waals surface area contributed by atoms with Crippen LogP contribution in [0.25, 0.3) is 11.4 Å². The normalized spacial score (nSPS) is 14.9. The third-order valence-corrected chi connectivity index (χ3v) is 3.87. The molecule has 1 aliphatic heterocycles. The van der Waals surface area contributed by atoms with Gasteiger partial charge in [-0.05, 0) is 12.1 Å². The van der Waals surface area contributed by atoms with E-state index in [9.17, 15) is 4.79 Å². The number of hydrogen-bond acceptors (Lipinski definition) is 8. The number of ether oxygens (including phenoxy) is 3. The predicted molar refractivity (Wildman–Crippen MR) is 87.7 cm³/mol. The van der Waals surface area contributed by atoms with Crippen molar-refractivity contribution < 1.29 is 23.5 Å². The van der Waals surface area contributed by atoms with Gasteiger partial charge in [-0.3, -0.25) is 9.69 Å². The van der Waals surface area contributed by atoms with E-state index in [2.05, 4.69) is 15.5 Å². The largest absolute Gasteiger partial charge is 0.493 e. The van der Waals surface area contributed by atoms with Crippen molar-refractivity contribution in [2.24, 2.45) is 0 Å². The van der Waals surface area contributed by atoms with Gasteiger partial charge in [0.25, 0.3) is 0 Å². The molecule has 0 aliphatic carbocycles. The second-order valence-corrected chi connectivity index (χ2v) is 5.49. The maximum Gasteiger partial charge on any atom is 0.241 e. The molecule has 9 nitrogen and oxygen atoms in total. The van der Waals surface area contributed by atoms with Gasteiger partial charge in [0, 0.05) is 18.7 Å². The molecule has 1 N–H and O–H groups in total. The Bertz CT molecular complexity index is 736. The molecule has 1 aliphatic rings. The van der Waals surface area contributed by atoms with Gasteiger partial charge in [0.1, 0.15) is 0 Å². The first-order valence-corrected chi connectivity index (χ1v) is 7.76. The molecule has 0 atom stereocenters. The number of carbonyl (C=O) groups excluding carboxylic acids is 1. The Hall–Kier alpha value is -2.81. The summed E-state index contributed by atoms with van der Waals surface area (Å²) in [6, 6.07) is 3.51. The lowest BCUT2D eigenvalue weighted by molar-refractivity contribution is -0.124. The van der Waals surface area contributed by atoms with Crippen molar-refractivity contribution in [1.29, 1.82) is 0 Å². The highest BCUT2D eigenvalue weighted by atomic mass is 16.5. The van der Waals surface area contributed by atoms with Gasteiger partial charge in [0.2, 0.25) is 23.4 Å². The van der Waals surface area contributed by atoms with E-state index < -0.39 is 0 Å². The Morgan fingerprint density at radius 1 is 1.20 bits per heavy atom. The molecule has 0 saturated carbocycles. The summed E-state index contributed by atoms with van der Waals surface area (Å²) in [6.07, 6.45) is 0. The highest BCUT2D eigenvalue weighted by Gasteiger charge is 2.20. The van der Waals surface area contributed by atoms with Crippen LogP contribution in [0.1, 0.15) is 5.89 Å². The molecule has 1 amide bonds. The molecule has 0 spiro atoms. The lowest BCUT2D eigenvalue weighted by atomic mass is 10.1. The standard InChI is InChI=1S/C16H20N4O5/c1-22-11-6-10(7-12(23-2)15(11)24-3)16-18-14(25-19-16)9-20-5-4-17-13(21)8-20/h6-7H,4-5,8-9H2,1-3H3,(H,17,21). The second-order valence-electron chi connectivity index (χ2n) is 5.49. The summed E-state index contributed by atoms with van der Waals surface area (Å²) in [4.78, 5) is 17.8. The highest BCUT2D eigenvalue weighted by Crippen LogP contribution is 2.40. The minimum absolute atomic E-state index is 0.00406. The third kappa shape index (κ3) is 3.66. The molecule has 0 bridgehead atoms. The fraction of sp³-hybridized carbons (Fsp3) is 0.438. The zero-order chi connectivity index (χ0) is 17.8. The molecule has 0 radical (unpaired) electrons. The van der Waals surface area contributed by atoms with Crippen molar-refractivity contribution in [3.8, 4) is 28.6 Å². The number of aromatic nitrogens is 2. The first kappa shape index (κ1) is 17.0. The summed E-state index contributed by atoms with van der Waals surface area (Å²) in [6.45, 7) is 2.10. The van der Waals surface area contributed by atoms with Crippen LogP contribution < -0.4 is 19.5 Å². The summed E-state index contributed by atoms with van der Waals surface area (Å²) in [5.74, 6) is 2.37.